The summed E-state index contributed by atoms with van der Waals surface area (Å²) in [5.41, 5.74) is 0. The molecule has 1 saturated carbocycles. The first-order valence-corrected chi connectivity index (χ1v) is 7.16. The molecular formula is C15H26N2O. The molecule has 1 aliphatic carbocycles. The minimum atomic E-state index is -0.162. The molecule has 1 rings (SSSR count). The van der Waals surface area contributed by atoms with Crippen molar-refractivity contribution in [1.29, 1.82) is 0 Å². The average molecular weight is 250 g/mol. The molecule has 0 saturated heterocycles. The van der Waals surface area contributed by atoms with Gasteiger partial charge in [0, 0.05) is 6.04 Å². The highest BCUT2D eigenvalue weighted by Gasteiger charge is 2.25. The summed E-state index contributed by atoms with van der Waals surface area (Å²) < 4.78 is 0. The average Bonchev–Trinajstić information content (AvgIpc) is 2.42. The van der Waals surface area contributed by atoms with Crippen LogP contribution in [-0.4, -0.2) is 24.5 Å². The smallest absolute Gasteiger partial charge is 0.237 e. The van der Waals surface area contributed by atoms with E-state index in [-0.39, 0.29) is 11.9 Å². The predicted molar refractivity (Wildman–Crippen MR) is 75.1 cm³/mol. The molecule has 0 aromatic carbocycles. The van der Waals surface area contributed by atoms with Gasteiger partial charge in [0.05, 0.1) is 12.6 Å². The molecule has 1 aliphatic rings. The topological polar surface area (TPSA) is 41.1 Å². The summed E-state index contributed by atoms with van der Waals surface area (Å²) in [6.45, 7) is 4.42. The largest absolute Gasteiger partial charge is 0.344 e. The predicted octanol–water partition coefficient (Wildman–Crippen LogP) is 2.07. The van der Waals surface area contributed by atoms with Crippen molar-refractivity contribution < 1.29 is 4.79 Å². The normalized spacial score (nSPS) is 19.8. The maximum Gasteiger partial charge on any atom is 0.237 e. The molecule has 3 heteroatoms. The number of rotatable bonds is 6. The molecule has 3 nitrogen and oxygen atoms in total. The fourth-order valence-corrected chi connectivity index (χ4v) is 2.81. The van der Waals surface area contributed by atoms with E-state index in [0.29, 0.717) is 12.6 Å². The minimum Gasteiger partial charge on any atom is -0.344 e. The minimum absolute atomic E-state index is 0.00205. The molecule has 0 radical (unpaired) electrons. The molecule has 2 unspecified atom stereocenters. The van der Waals surface area contributed by atoms with Gasteiger partial charge < -0.3 is 10.6 Å². The summed E-state index contributed by atoms with van der Waals surface area (Å²) in [4.78, 5) is 11.8. The fourth-order valence-electron chi connectivity index (χ4n) is 2.81. The molecule has 0 aromatic heterocycles. The van der Waals surface area contributed by atoms with E-state index in [1.165, 1.54) is 32.1 Å². The van der Waals surface area contributed by atoms with Crippen LogP contribution < -0.4 is 10.6 Å². The summed E-state index contributed by atoms with van der Waals surface area (Å²) in [6.07, 6.45) is 12.8. The van der Waals surface area contributed by atoms with Gasteiger partial charge in [-0.3, -0.25) is 4.79 Å². The summed E-state index contributed by atoms with van der Waals surface area (Å²) in [6, 6.07) is 0.294. The van der Waals surface area contributed by atoms with Crippen molar-refractivity contribution in [3.05, 3.63) is 0 Å². The zero-order valence-electron chi connectivity index (χ0n) is 11.7. The first kappa shape index (κ1) is 15.0. The molecule has 1 amide bonds. The third kappa shape index (κ3) is 4.70. The lowest BCUT2D eigenvalue weighted by atomic mass is 9.82. The van der Waals surface area contributed by atoms with E-state index in [4.69, 9.17) is 6.42 Å². The third-order valence-corrected chi connectivity index (χ3v) is 3.88. The van der Waals surface area contributed by atoms with Crippen LogP contribution in [0.3, 0.4) is 0 Å². The Kier molecular flexibility index (Phi) is 6.82. The summed E-state index contributed by atoms with van der Waals surface area (Å²) >= 11 is 0. The van der Waals surface area contributed by atoms with Crippen LogP contribution in [0.1, 0.15) is 52.4 Å². The van der Waals surface area contributed by atoms with Crippen molar-refractivity contribution in [3.8, 4) is 12.3 Å². The maximum atomic E-state index is 11.8. The zero-order chi connectivity index (χ0) is 13.4. The Hall–Kier alpha value is -1.01. The molecule has 1 fully saturated rings. The SMILES string of the molecule is C#CCNC(=O)C(C)NC(CC)C1CCCCC1. The molecule has 0 aromatic rings. The highest BCUT2D eigenvalue weighted by atomic mass is 16.2. The van der Waals surface area contributed by atoms with Gasteiger partial charge in [0.1, 0.15) is 0 Å². The monoisotopic (exact) mass is 250 g/mol. The van der Waals surface area contributed by atoms with Crippen LogP contribution in [0.15, 0.2) is 0 Å². The molecule has 0 heterocycles. The highest BCUT2D eigenvalue weighted by Crippen LogP contribution is 2.27. The van der Waals surface area contributed by atoms with E-state index in [1.54, 1.807) is 0 Å². The summed E-state index contributed by atoms with van der Waals surface area (Å²) in [5, 5.41) is 6.19. The summed E-state index contributed by atoms with van der Waals surface area (Å²) in [7, 11) is 0. The first-order valence-electron chi connectivity index (χ1n) is 7.16. The van der Waals surface area contributed by atoms with E-state index in [2.05, 4.69) is 23.5 Å². The lowest BCUT2D eigenvalue weighted by Crippen LogP contribution is -2.49. The Morgan fingerprint density at radius 2 is 2.06 bits per heavy atom. The van der Waals surface area contributed by atoms with E-state index >= 15 is 0 Å². The van der Waals surface area contributed by atoms with Crippen molar-refractivity contribution in [2.75, 3.05) is 6.54 Å². The van der Waals surface area contributed by atoms with Crippen LogP contribution >= 0.6 is 0 Å². The number of hydrogen-bond acceptors (Lipinski definition) is 2. The Morgan fingerprint density at radius 3 is 2.61 bits per heavy atom. The molecule has 18 heavy (non-hydrogen) atoms. The molecule has 0 aliphatic heterocycles. The number of nitrogens with one attached hydrogen (secondary N) is 2. The van der Waals surface area contributed by atoms with Gasteiger partial charge in [-0.05, 0) is 32.1 Å². The van der Waals surface area contributed by atoms with Gasteiger partial charge in [-0.25, -0.2) is 0 Å². The highest BCUT2D eigenvalue weighted by molar-refractivity contribution is 5.81. The number of amides is 1. The Balaban J connectivity index is 2.41. The number of hydrogen-bond donors (Lipinski definition) is 2. The van der Waals surface area contributed by atoms with Crippen LogP contribution in [0.4, 0.5) is 0 Å². The van der Waals surface area contributed by atoms with E-state index in [0.717, 1.165) is 12.3 Å². The van der Waals surface area contributed by atoms with Crippen molar-refractivity contribution in [2.45, 2.75) is 64.5 Å². The van der Waals surface area contributed by atoms with Gasteiger partial charge >= 0.3 is 0 Å². The fraction of sp³-hybridized carbons (Fsp3) is 0.800. The molecule has 0 spiro atoms. The molecule has 0 bridgehead atoms. The van der Waals surface area contributed by atoms with Gasteiger partial charge in [-0.1, -0.05) is 32.1 Å². The standard InChI is InChI=1S/C15H26N2O/c1-4-11-16-15(18)12(3)17-14(5-2)13-9-7-6-8-10-13/h1,12-14,17H,5-11H2,2-3H3,(H,16,18). The van der Waals surface area contributed by atoms with Gasteiger partial charge in [-0.15, -0.1) is 6.42 Å². The second-order valence-corrected chi connectivity index (χ2v) is 5.22. The number of carbonyl (C=O) groups is 1. The quantitative estimate of drug-likeness (QED) is 0.709. The lowest BCUT2D eigenvalue weighted by Gasteiger charge is -2.32. The van der Waals surface area contributed by atoms with Crippen LogP contribution in [0, 0.1) is 18.3 Å². The Bertz CT molecular complexity index is 289. The van der Waals surface area contributed by atoms with Gasteiger partial charge in [0.25, 0.3) is 0 Å². The maximum absolute atomic E-state index is 11.8. The van der Waals surface area contributed by atoms with Crippen LogP contribution in [-0.2, 0) is 4.79 Å². The number of carbonyl (C=O) groups excluding carboxylic acids is 1. The zero-order valence-corrected chi connectivity index (χ0v) is 11.7. The van der Waals surface area contributed by atoms with Gasteiger partial charge in [-0.2, -0.15) is 0 Å². The molecule has 2 N–H and O–H groups in total. The van der Waals surface area contributed by atoms with Crippen LogP contribution in [0.2, 0.25) is 0 Å². The van der Waals surface area contributed by atoms with Crippen LogP contribution in [0.5, 0.6) is 0 Å². The van der Waals surface area contributed by atoms with Gasteiger partial charge in [0.15, 0.2) is 0 Å². The third-order valence-electron chi connectivity index (χ3n) is 3.88. The second-order valence-electron chi connectivity index (χ2n) is 5.22. The summed E-state index contributed by atoms with van der Waals surface area (Å²) in [5.74, 6) is 3.15. The molecular weight excluding hydrogens is 224 g/mol. The Morgan fingerprint density at radius 1 is 1.39 bits per heavy atom. The van der Waals surface area contributed by atoms with Crippen molar-refractivity contribution in [1.82, 2.24) is 10.6 Å². The van der Waals surface area contributed by atoms with E-state index < -0.39 is 0 Å². The first-order chi connectivity index (χ1) is 8.69. The molecule has 102 valence electrons. The second kappa shape index (κ2) is 8.16. The molecule has 2 atom stereocenters. The Labute approximate surface area is 111 Å². The van der Waals surface area contributed by atoms with Crippen molar-refractivity contribution in [2.24, 2.45) is 5.92 Å². The van der Waals surface area contributed by atoms with Crippen molar-refractivity contribution in [3.63, 3.8) is 0 Å². The lowest BCUT2D eigenvalue weighted by molar-refractivity contribution is -0.122. The van der Waals surface area contributed by atoms with Crippen molar-refractivity contribution >= 4 is 5.91 Å². The number of terminal acetylenes is 1. The van der Waals surface area contributed by atoms with Crippen LogP contribution in [0.25, 0.3) is 0 Å². The van der Waals surface area contributed by atoms with E-state index in [1.807, 2.05) is 6.92 Å². The van der Waals surface area contributed by atoms with Gasteiger partial charge in [0.2, 0.25) is 5.91 Å². The van der Waals surface area contributed by atoms with E-state index in [9.17, 15) is 4.79 Å².